The van der Waals surface area contributed by atoms with Gasteiger partial charge in [0, 0.05) is 37.6 Å². The Morgan fingerprint density at radius 1 is 1.39 bits per heavy atom. The molecule has 0 aliphatic rings. The summed E-state index contributed by atoms with van der Waals surface area (Å²) in [7, 11) is 3.75. The van der Waals surface area contributed by atoms with Crippen LogP contribution in [0.5, 0.6) is 0 Å². The van der Waals surface area contributed by atoms with Gasteiger partial charge in [0.1, 0.15) is 0 Å². The second kappa shape index (κ2) is 12.0. The van der Waals surface area contributed by atoms with Crippen molar-refractivity contribution in [3.05, 3.63) is 51.5 Å². The maximum absolute atomic E-state index is 12.3. The Labute approximate surface area is 188 Å². The fourth-order valence-electron chi connectivity index (χ4n) is 2.60. The third-order valence-corrected chi connectivity index (χ3v) is 5.09. The van der Waals surface area contributed by atoms with Gasteiger partial charge in [0.15, 0.2) is 5.96 Å². The zero-order chi connectivity index (χ0) is 19.8. The summed E-state index contributed by atoms with van der Waals surface area (Å²) in [6, 6.07) is 7.84. The molecule has 0 bridgehead atoms. The minimum atomic E-state index is -0.0356. The summed E-state index contributed by atoms with van der Waals surface area (Å²) < 4.78 is 0. The number of thiazole rings is 1. The van der Waals surface area contributed by atoms with Gasteiger partial charge < -0.3 is 15.5 Å². The number of nitrogens with one attached hydrogen (secondary N) is 2. The van der Waals surface area contributed by atoms with Gasteiger partial charge in [0.2, 0.25) is 0 Å². The van der Waals surface area contributed by atoms with Crippen LogP contribution in [0.4, 0.5) is 0 Å². The standard InChI is InChI=1S/C20H29N5OS.HI/c1-6-14(2)23-19(26)17-9-7-8-16(10-17)11-22-20(21-4)25(5)12-18-13-27-15(3)24-18;/h7-10,13-14H,6,11-12H2,1-5H3,(H,21,22)(H,23,26);1H. The quantitative estimate of drug-likeness (QED) is 0.335. The lowest BCUT2D eigenvalue weighted by atomic mass is 10.1. The van der Waals surface area contributed by atoms with E-state index < -0.39 is 0 Å². The van der Waals surface area contributed by atoms with E-state index in [9.17, 15) is 4.79 Å². The van der Waals surface area contributed by atoms with Gasteiger partial charge in [0.25, 0.3) is 5.91 Å². The van der Waals surface area contributed by atoms with Crippen LogP contribution in [0.25, 0.3) is 0 Å². The lowest BCUT2D eigenvalue weighted by Gasteiger charge is -2.21. The average Bonchev–Trinajstić information content (AvgIpc) is 3.07. The Bertz CT molecular complexity index is 792. The number of halogens is 1. The van der Waals surface area contributed by atoms with Crippen molar-refractivity contribution in [2.24, 2.45) is 4.99 Å². The van der Waals surface area contributed by atoms with E-state index in [1.165, 1.54) is 0 Å². The van der Waals surface area contributed by atoms with Gasteiger partial charge in [-0.2, -0.15) is 0 Å². The normalized spacial score (nSPS) is 12.1. The van der Waals surface area contributed by atoms with Gasteiger partial charge in [-0.15, -0.1) is 35.3 Å². The first-order valence-electron chi connectivity index (χ1n) is 9.15. The number of amides is 1. The molecule has 8 heteroatoms. The minimum Gasteiger partial charge on any atom is -0.352 e. The number of aromatic nitrogens is 1. The first-order valence-corrected chi connectivity index (χ1v) is 10.0. The SMILES string of the molecule is CCC(C)NC(=O)c1cccc(CNC(=NC)N(C)Cc2csc(C)n2)c1.I. The van der Waals surface area contributed by atoms with E-state index >= 15 is 0 Å². The van der Waals surface area contributed by atoms with Gasteiger partial charge >= 0.3 is 0 Å². The Kier molecular flexibility index (Phi) is 10.4. The maximum atomic E-state index is 12.3. The largest absolute Gasteiger partial charge is 0.352 e. The number of rotatable bonds is 7. The van der Waals surface area contributed by atoms with Crippen molar-refractivity contribution in [2.75, 3.05) is 14.1 Å². The Morgan fingerprint density at radius 3 is 2.75 bits per heavy atom. The van der Waals surface area contributed by atoms with E-state index in [-0.39, 0.29) is 35.9 Å². The molecule has 1 heterocycles. The zero-order valence-electron chi connectivity index (χ0n) is 17.2. The van der Waals surface area contributed by atoms with Crippen molar-refractivity contribution in [1.82, 2.24) is 20.5 Å². The van der Waals surface area contributed by atoms with E-state index in [4.69, 9.17) is 0 Å². The minimum absolute atomic E-state index is 0. The number of guanidine groups is 1. The van der Waals surface area contributed by atoms with E-state index in [0.29, 0.717) is 18.7 Å². The third kappa shape index (κ3) is 7.38. The number of hydrogen-bond acceptors (Lipinski definition) is 4. The highest BCUT2D eigenvalue weighted by Gasteiger charge is 2.11. The molecule has 6 nitrogen and oxygen atoms in total. The average molecular weight is 515 g/mol. The van der Waals surface area contributed by atoms with Crippen LogP contribution >= 0.6 is 35.3 Å². The molecule has 0 spiro atoms. The summed E-state index contributed by atoms with van der Waals surface area (Å²) in [5, 5.41) is 9.48. The molecular weight excluding hydrogens is 485 g/mol. The maximum Gasteiger partial charge on any atom is 0.251 e. The third-order valence-electron chi connectivity index (χ3n) is 4.27. The molecule has 0 saturated heterocycles. The molecule has 0 aliphatic carbocycles. The van der Waals surface area contributed by atoms with Crippen LogP contribution < -0.4 is 10.6 Å². The zero-order valence-corrected chi connectivity index (χ0v) is 20.3. The highest BCUT2D eigenvalue weighted by atomic mass is 127. The molecule has 2 N–H and O–H groups in total. The molecule has 1 amide bonds. The Morgan fingerprint density at radius 2 is 2.14 bits per heavy atom. The fraction of sp³-hybridized carbons (Fsp3) is 0.450. The van der Waals surface area contributed by atoms with Crippen LogP contribution in [-0.2, 0) is 13.1 Å². The summed E-state index contributed by atoms with van der Waals surface area (Å²) >= 11 is 1.65. The van der Waals surface area contributed by atoms with Gasteiger partial charge in [-0.25, -0.2) is 4.98 Å². The number of nitrogens with zero attached hydrogens (tertiary/aromatic N) is 3. The van der Waals surface area contributed by atoms with Crippen LogP contribution in [0.1, 0.15) is 46.9 Å². The second-order valence-corrected chi connectivity index (χ2v) is 7.66. The molecular formula is C20H30IN5OS. The molecule has 2 rings (SSSR count). The molecule has 2 aromatic rings. The van der Waals surface area contributed by atoms with Crippen LogP contribution in [0.15, 0.2) is 34.6 Å². The van der Waals surface area contributed by atoms with Gasteiger partial charge in [-0.1, -0.05) is 19.1 Å². The number of aliphatic imine (C=N–C) groups is 1. The summed E-state index contributed by atoms with van der Waals surface area (Å²) in [6.07, 6.45) is 0.911. The van der Waals surface area contributed by atoms with Crippen molar-refractivity contribution in [1.29, 1.82) is 0 Å². The van der Waals surface area contributed by atoms with E-state index in [0.717, 1.165) is 28.6 Å². The van der Waals surface area contributed by atoms with Crippen molar-refractivity contribution >= 4 is 47.2 Å². The van der Waals surface area contributed by atoms with Crippen LogP contribution in [0.2, 0.25) is 0 Å². The molecule has 1 aromatic carbocycles. The Hall–Kier alpha value is -1.68. The predicted molar refractivity (Wildman–Crippen MR) is 128 cm³/mol. The first-order chi connectivity index (χ1) is 12.9. The number of benzene rings is 1. The van der Waals surface area contributed by atoms with E-state index in [2.05, 4.69) is 32.9 Å². The number of aryl methyl sites for hydroxylation is 1. The molecule has 1 unspecified atom stereocenters. The van der Waals surface area contributed by atoms with Crippen LogP contribution in [-0.4, -0.2) is 41.9 Å². The summed E-state index contributed by atoms with van der Waals surface area (Å²) in [5.74, 6) is 0.752. The molecule has 0 saturated carbocycles. The summed E-state index contributed by atoms with van der Waals surface area (Å²) in [6.45, 7) is 7.36. The molecule has 1 atom stereocenters. The molecule has 1 aromatic heterocycles. The molecule has 0 fully saturated rings. The van der Waals surface area contributed by atoms with Crippen LogP contribution in [0.3, 0.4) is 0 Å². The van der Waals surface area contributed by atoms with Gasteiger partial charge in [-0.3, -0.25) is 9.79 Å². The van der Waals surface area contributed by atoms with Crippen molar-refractivity contribution < 1.29 is 4.79 Å². The highest BCUT2D eigenvalue weighted by Crippen LogP contribution is 2.10. The van der Waals surface area contributed by atoms with E-state index in [1.807, 2.05) is 50.1 Å². The lowest BCUT2D eigenvalue weighted by molar-refractivity contribution is 0.0939. The number of carbonyl (C=O) groups is 1. The molecule has 154 valence electrons. The number of hydrogen-bond donors (Lipinski definition) is 2. The topological polar surface area (TPSA) is 69.6 Å². The van der Waals surface area contributed by atoms with Crippen LogP contribution in [0, 0.1) is 6.92 Å². The molecule has 0 aliphatic heterocycles. The highest BCUT2D eigenvalue weighted by molar-refractivity contribution is 14.0. The van der Waals surface area contributed by atoms with E-state index in [1.54, 1.807) is 18.4 Å². The fourth-order valence-corrected chi connectivity index (χ4v) is 3.20. The predicted octanol–water partition coefficient (Wildman–Crippen LogP) is 3.81. The van der Waals surface area contributed by atoms with Gasteiger partial charge in [-0.05, 0) is 38.0 Å². The second-order valence-electron chi connectivity index (χ2n) is 6.60. The number of carbonyl (C=O) groups excluding carboxylic acids is 1. The lowest BCUT2D eigenvalue weighted by Crippen LogP contribution is -2.38. The molecule has 0 radical (unpaired) electrons. The monoisotopic (exact) mass is 515 g/mol. The van der Waals surface area contributed by atoms with Crippen molar-refractivity contribution in [3.8, 4) is 0 Å². The van der Waals surface area contributed by atoms with Gasteiger partial charge in [0.05, 0.1) is 17.2 Å². The Balaban J connectivity index is 0.00000392. The summed E-state index contributed by atoms with van der Waals surface area (Å²) in [4.78, 5) is 23.2. The van der Waals surface area contributed by atoms with Crippen molar-refractivity contribution in [3.63, 3.8) is 0 Å². The smallest absolute Gasteiger partial charge is 0.251 e. The summed E-state index contributed by atoms with van der Waals surface area (Å²) in [5.41, 5.74) is 2.74. The first kappa shape index (κ1) is 24.4. The van der Waals surface area contributed by atoms with Crippen molar-refractivity contribution in [2.45, 2.75) is 46.3 Å². The molecule has 28 heavy (non-hydrogen) atoms.